The number of anilines is 2. The molecule has 22 heavy (non-hydrogen) atoms. The Bertz CT molecular complexity index is 756. The first kappa shape index (κ1) is 13.3. The Morgan fingerprint density at radius 2 is 2.05 bits per heavy atom. The van der Waals surface area contributed by atoms with Crippen molar-refractivity contribution in [3.8, 4) is 5.75 Å². The maximum atomic E-state index is 12.0. The Labute approximate surface area is 128 Å². The van der Waals surface area contributed by atoms with Crippen LogP contribution in [0.1, 0.15) is 11.3 Å². The van der Waals surface area contributed by atoms with Gasteiger partial charge in [-0.1, -0.05) is 12.1 Å². The van der Waals surface area contributed by atoms with E-state index in [1.165, 1.54) is 0 Å². The van der Waals surface area contributed by atoms with Crippen LogP contribution in [0.4, 0.5) is 11.5 Å². The molecule has 1 aromatic heterocycles. The van der Waals surface area contributed by atoms with Crippen LogP contribution in [0.3, 0.4) is 0 Å². The van der Waals surface area contributed by atoms with E-state index >= 15 is 0 Å². The maximum absolute atomic E-state index is 12.0. The third-order valence-electron chi connectivity index (χ3n) is 4.19. The first-order chi connectivity index (χ1) is 10.8. The second-order valence-electron chi connectivity index (χ2n) is 5.54. The third-order valence-corrected chi connectivity index (χ3v) is 4.19. The number of para-hydroxylation sites is 2. The summed E-state index contributed by atoms with van der Waals surface area (Å²) in [6, 6.07) is 7.90. The SMILES string of the molecule is O=c1nc(N2CCOc3ccccc32)c2c([nH]1)CCNCC2. The summed E-state index contributed by atoms with van der Waals surface area (Å²) in [6.45, 7) is 3.08. The molecule has 0 spiro atoms. The number of fused-ring (bicyclic) bond motifs is 2. The average molecular weight is 298 g/mol. The maximum Gasteiger partial charge on any atom is 0.347 e. The zero-order chi connectivity index (χ0) is 14.9. The molecule has 2 aliphatic heterocycles. The minimum absolute atomic E-state index is 0.278. The van der Waals surface area contributed by atoms with Crippen molar-refractivity contribution < 1.29 is 4.74 Å². The van der Waals surface area contributed by atoms with Gasteiger partial charge < -0.3 is 19.9 Å². The van der Waals surface area contributed by atoms with E-state index in [4.69, 9.17) is 4.74 Å². The van der Waals surface area contributed by atoms with Crippen LogP contribution in [0.5, 0.6) is 5.75 Å². The van der Waals surface area contributed by atoms with Crippen molar-refractivity contribution in [2.75, 3.05) is 31.1 Å². The first-order valence-corrected chi connectivity index (χ1v) is 7.65. The largest absolute Gasteiger partial charge is 0.490 e. The first-order valence-electron chi connectivity index (χ1n) is 7.65. The topological polar surface area (TPSA) is 70.2 Å². The number of hydrogen-bond acceptors (Lipinski definition) is 5. The number of nitrogens with one attached hydrogen (secondary N) is 2. The molecule has 114 valence electrons. The molecule has 6 nitrogen and oxygen atoms in total. The summed E-state index contributed by atoms with van der Waals surface area (Å²) < 4.78 is 5.71. The molecular weight excluding hydrogens is 280 g/mol. The van der Waals surface area contributed by atoms with Gasteiger partial charge in [-0.3, -0.25) is 0 Å². The van der Waals surface area contributed by atoms with Crippen molar-refractivity contribution in [1.82, 2.24) is 15.3 Å². The fourth-order valence-electron chi connectivity index (χ4n) is 3.17. The van der Waals surface area contributed by atoms with E-state index in [2.05, 4.69) is 20.2 Å². The lowest BCUT2D eigenvalue weighted by atomic mass is 10.1. The molecule has 2 aliphatic rings. The van der Waals surface area contributed by atoms with Gasteiger partial charge in [0.1, 0.15) is 18.2 Å². The smallest absolute Gasteiger partial charge is 0.347 e. The predicted octanol–water partition coefficient (Wildman–Crippen LogP) is 0.989. The van der Waals surface area contributed by atoms with Crippen LogP contribution in [0.25, 0.3) is 0 Å². The summed E-state index contributed by atoms with van der Waals surface area (Å²) in [5.74, 6) is 1.62. The number of hydrogen-bond donors (Lipinski definition) is 2. The lowest BCUT2D eigenvalue weighted by Gasteiger charge is -2.31. The highest BCUT2D eigenvalue weighted by Gasteiger charge is 2.25. The van der Waals surface area contributed by atoms with Gasteiger partial charge in [-0.05, 0) is 25.1 Å². The number of nitrogens with zero attached hydrogens (tertiary/aromatic N) is 2. The fraction of sp³-hybridized carbons (Fsp3) is 0.375. The molecule has 0 aliphatic carbocycles. The Kier molecular flexibility index (Phi) is 3.31. The number of benzene rings is 1. The number of H-pyrrole nitrogens is 1. The highest BCUT2D eigenvalue weighted by Crippen LogP contribution is 2.37. The van der Waals surface area contributed by atoms with E-state index in [0.717, 1.165) is 54.4 Å². The van der Waals surface area contributed by atoms with Crippen LogP contribution < -0.4 is 20.6 Å². The van der Waals surface area contributed by atoms with Gasteiger partial charge in [-0.2, -0.15) is 4.98 Å². The molecule has 0 unspecified atom stereocenters. The molecule has 0 amide bonds. The van der Waals surface area contributed by atoms with Crippen LogP contribution >= 0.6 is 0 Å². The average Bonchev–Trinajstić information content (AvgIpc) is 2.79. The van der Waals surface area contributed by atoms with Crippen LogP contribution in [0.15, 0.2) is 29.1 Å². The normalized spacial score (nSPS) is 17.2. The third kappa shape index (κ3) is 2.25. The molecule has 4 rings (SSSR count). The van der Waals surface area contributed by atoms with Crippen molar-refractivity contribution in [3.05, 3.63) is 46.0 Å². The molecule has 0 saturated carbocycles. The number of ether oxygens (including phenoxy) is 1. The highest BCUT2D eigenvalue weighted by atomic mass is 16.5. The van der Waals surface area contributed by atoms with E-state index in [1.807, 2.05) is 24.3 Å². The second-order valence-corrected chi connectivity index (χ2v) is 5.54. The number of aromatic amines is 1. The van der Waals surface area contributed by atoms with Crippen LogP contribution in [0, 0.1) is 0 Å². The highest BCUT2D eigenvalue weighted by molar-refractivity contribution is 5.70. The monoisotopic (exact) mass is 298 g/mol. The Hall–Kier alpha value is -2.34. The van der Waals surface area contributed by atoms with Gasteiger partial charge in [-0.15, -0.1) is 0 Å². The summed E-state index contributed by atoms with van der Waals surface area (Å²) in [6.07, 6.45) is 1.69. The summed E-state index contributed by atoms with van der Waals surface area (Å²) >= 11 is 0. The minimum Gasteiger partial charge on any atom is -0.490 e. The molecule has 0 fully saturated rings. The molecule has 6 heteroatoms. The number of aromatic nitrogens is 2. The predicted molar refractivity (Wildman–Crippen MR) is 84.1 cm³/mol. The summed E-state index contributed by atoms with van der Waals surface area (Å²) in [4.78, 5) is 21.3. The minimum atomic E-state index is -0.278. The summed E-state index contributed by atoms with van der Waals surface area (Å²) in [5.41, 5.74) is 2.84. The van der Waals surface area contributed by atoms with Crippen molar-refractivity contribution in [2.45, 2.75) is 12.8 Å². The quantitative estimate of drug-likeness (QED) is 0.821. The van der Waals surface area contributed by atoms with Crippen LogP contribution in [0.2, 0.25) is 0 Å². The van der Waals surface area contributed by atoms with E-state index in [0.29, 0.717) is 13.2 Å². The zero-order valence-corrected chi connectivity index (χ0v) is 12.3. The van der Waals surface area contributed by atoms with Gasteiger partial charge in [0.25, 0.3) is 0 Å². The van der Waals surface area contributed by atoms with Crippen molar-refractivity contribution >= 4 is 11.5 Å². The van der Waals surface area contributed by atoms with E-state index in [1.54, 1.807) is 0 Å². The standard InChI is InChI=1S/C16H18N4O2/c21-16-18-12-6-8-17-7-5-11(12)15(19-16)20-9-10-22-14-4-2-1-3-13(14)20/h1-4,17H,5-10H2,(H,18,19,21). The molecule has 2 N–H and O–H groups in total. The van der Waals surface area contributed by atoms with Crippen molar-refractivity contribution in [2.24, 2.45) is 0 Å². The Morgan fingerprint density at radius 1 is 1.18 bits per heavy atom. The van der Waals surface area contributed by atoms with Gasteiger partial charge in [0.15, 0.2) is 0 Å². The van der Waals surface area contributed by atoms with Gasteiger partial charge in [-0.25, -0.2) is 4.79 Å². The molecule has 0 bridgehead atoms. The molecular formula is C16H18N4O2. The lowest BCUT2D eigenvalue weighted by molar-refractivity contribution is 0.313. The fourth-order valence-corrected chi connectivity index (χ4v) is 3.17. The Morgan fingerprint density at radius 3 is 3.00 bits per heavy atom. The van der Waals surface area contributed by atoms with Gasteiger partial charge in [0.05, 0.1) is 12.2 Å². The van der Waals surface area contributed by atoms with Crippen LogP contribution in [-0.2, 0) is 12.8 Å². The van der Waals surface area contributed by atoms with Gasteiger partial charge in [0, 0.05) is 24.2 Å². The lowest BCUT2D eigenvalue weighted by Crippen LogP contribution is -2.32. The number of rotatable bonds is 1. The molecule has 1 aromatic carbocycles. The molecule has 0 radical (unpaired) electrons. The van der Waals surface area contributed by atoms with E-state index in [-0.39, 0.29) is 5.69 Å². The van der Waals surface area contributed by atoms with Crippen molar-refractivity contribution in [3.63, 3.8) is 0 Å². The molecule has 0 saturated heterocycles. The van der Waals surface area contributed by atoms with Gasteiger partial charge >= 0.3 is 5.69 Å². The van der Waals surface area contributed by atoms with E-state index < -0.39 is 0 Å². The van der Waals surface area contributed by atoms with Crippen LogP contribution in [-0.4, -0.2) is 36.2 Å². The molecule has 3 heterocycles. The molecule has 2 aromatic rings. The second kappa shape index (κ2) is 5.46. The van der Waals surface area contributed by atoms with E-state index in [9.17, 15) is 4.79 Å². The van der Waals surface area contributed by atoms with Crippen molar-refractivity contribution in [1.29, 1.82) is 0 Å². The van der Waals surface area contributed by atoms with Gasteiger partial charge in [0.2, 0.25) is 0 Å². The summed E-state index contributed by atoms with van der Waals surface area (Å²) in [7, 11) is 0. The molecule has 0 atom stereocenters. The zero-order valence-electron chi connectivity index (χ0n) is 12.3. The Balaban J connectivity index is 1.87. The summed E-state index contributed by atoms with van der Waals surface area (Å²) in [5, 5.41) is 3.37.